The zero-order chi connectivity index (χ0) is 25.0. The van der Waals surface area contributed by atoms with Crippen molar-refractivity contribution in [1.82, 2.24) is 20.3 Å². The molecule has 4 atom stereocenters. The zero-order valence-electron chi connectivity index (χ0n) is 19.0. The van der Waals surface area contributed by atoms with Crippen molar-refractivity contribution < 1.29 is 31.9 Å². The van der Waals surface area contributed by atoms with Gasteiger partial charge in [-0.1, -0.05) is 18.2 Å². The SMILES string of the molecule is C=C[C@@H]1C[C@]1(NC(=O)C1CC(OC(=O)N2Cc3cccc(F)c3C2)CN1)C(=O)NS(=O)(=O)C1CC1. The number of rotatable bonds is 7. The van der Waals surface area contributed by atoms with Gasteiger partial charge in [0, 0.05) is 31.0 Å². The normalized spacial score (nSPS) is 29.3. The summed E-state index contributed by atoms with van der Waals surface area (Å²) in [7, 11) is -3.76. The van der Waals surface area contributed by atoms with E-state index in [9.17, 15) is 27.2 Å². The fourth-order valence-corrected chi connectivity index (χ4v) is 6.11. The fraction of sp³-hybridized carbons (Fsp3) is 0.522. The molecule has 0 radical (unpaired) electrons. The number of hydrogen-bond acceptors (Lipinski definition) is 7. The summed E-state index contributed by atoms with van der Waals surface area (Å²) < 4.78 is 46.0. The maximum atomic E-state index is 14.0. The summed E-state index contributed by atoms with van der Waals surface area (Å²) >= 11 is 0. The Bertz CT molecular complexity index is 1200. The molecule has 2 aliphatic carbocycles. The Morgan fingerprint density at radius 1 is 1.26 bits per heavy atom. The highest BCUT2D eigenvalue weighted by Crippen LogP contribution is 2.45. The zero-order valence-corrected chi connectivity index (χ0v) is 19.8. The summed E-state index contributed by atoms with van der Waals surface area (Å²) in [6, 6.07) is 3.98. The summed E-state index contributed by atoms with van der Waals surface area (Å²) in [5.74, 6) is -1.99. The summed E-state index contributed by atoms with van der Waals surface area (Å²) in [5.41, 5.74) is -0.153. The standard InChI is InChI=1S/C23H27FN4O6S/c1-2-14-9-23(14,21(30)27-35(32,33)16-6-7-16)26-20(29)19-8-15(10-25-19)34-22(31)28-11-13-4-3-5-18(24)17(13)12-28/h2-5,14-16,19,25H,1,6-12H2,(H,26,29)(H,27,30)/t14-,15?,19?,23-/m1/s1. The highest BCUT2D eigenvalue weighted by atomic mass is 32.2. The number of nitrogens with zero attached hydrogens (tertiary/aromatic N) is 1. The Morgan fingerprint density at radius 2 is 2.03 bits per heavy atom. The summed E-state index contributed by atoms with van der Waals surface area (Å²) in [6.45, 7) is 4.28. The lowest BCUT2D eigenvalue weighted by molar-refractivity contribution is -0.130. The molecule has 3 fully saturated rings. The van der Waals surface area contributed by atoms with Crippen molar-refractivity contribution >= 4 is 27.9 Å². The van der Waals surface area contributed by atoms with Gasteiger partial charge < -0.3 is 15.4 Å². The summed E-state index contributed by atoms with van der Waals surface area (Å²) in [4.78, 5) is 39.7. The number of fused-ring (bicyclic) bond motifs is 1. The molecule has 1 aromatic carbocycles. The predicted molar refractivity (Wildman–Crippen MR) is 122 cm³/mol. The van der Waals surface area contributed by atoms with Gasteiger partial charge in [0.2, 0.25) is 15.9 Å². The molecule has 2 heterocycles. The number of carbonyl (C=O) groups excluding carboxylic acids is 3. The lowest BCUT2D eigenvalue weighted by Crippen LogP contribution is -2.55. The van der Waals surface area contributed by atoms with Crippen LogP contribution in [-0.4, -0.2) is 60.7 Å². The molecular formula is C23H27FN4O6S. The third kappa shape index (κ3) is 4.52. The van der Waals surface area contributed by atoms with Crippen molar-refractivity contribution in [3.8, 4) is 0 Å². The monoisotopic (exact) mass is 506 g/mol. The first-order valence-corrected chi connectivity index (χ1v) is 13.1. The third-order valence-corrected chi connectivity index (χ3v) is 8.93. The molecule has 3 amide bonds. The second-order valence-corrected chi connectivity index (χ2v) is 11.6. The van der Waals surface area contributed by atoms with Crippen molar-refractivity contribution in [3.63, 3.8) is 0 Å². The molecule has 0 spiro atoms. The van der Waals surface area contributed by atoms with Gasteiger partial charge in [-0.2, -0.15) is 0 Å². The largest absolute Gasteiger partial charge is 0.445 e. The van der Waals surface area contributed by atoms with Gasteiger partial charge in [-0.3, -0.25) is 19.2 Å². The fourth-order valence-electron chi connectivity index (χ4n) is 4.74. The van der Waals surface area contributed by atoms with Crippen LogP contribution >= 0.6 is 0 Å². The molecule has 0 aromatic heterocycles. The number of sulfonamides is 1. The van der Waals surface area contributed by atoms with Crippen LogP contribution in [-0.2, 0) is 37.4 Å². The van der Waals surface area contributed by atoms with E-state index in [1.165, 1.54) is 17.0 Å². The van der Waals surface area contributed by atoms with Crippen LogP contribution < -0.4 is 15.4 Å². The van der Waals surface area contributed by atoms with Crippen molar-refractivity contribution in [2.45, 2.75) is 61.7 Å². The minimum Gasteiger partial charge on any atom is -0.445 e. The number of nitrogens with one attached hydrogen (secondary N) is 3. The van der Waals surface area contributed by atoms with Gasteiger partial charge in [-0.05, 0) is 30.9 Å². The minimum absolute atomic E-state index is 0.120. The highest BCUT2D eigenvalue weighted by molar-refractivity contribution is 7.91. The predicted octanol–water partition coefficient (Wildman–Crippen LogP) is 0.678. The van der Waals surface area contributed by atoms with E-state index in [-0.39, 0.29) is 44.2 Å². The topological polar surface area (TPSA) is 134 Å². The number of amides is 3. The first kappa shape index (κ1) is 23.7. The van der Waals surface area contributed by atoms with Crippen LogP contribution in [0, 0.1) is 11.7 Å². The van der Waals surface area contributed by atoms with Crippen molar-refractivity contribution in [2.75, 3.05) is 6.54 Å². The van der Waals surface area contributed by atoms with E-state index in [2.05, 4.69) is 21.9 Å². The molecule has 2 unspecified atom stereocenters. The van der Waals surface area contributed by atoms with Crippen molar-refractivity contribution in [2.24, 2.45) is 5.92 Å². The summed E-state index contributed by atoms with van der Waals surface area (Å²) in [6.07, 6.45) is 1.81. The molecule has 1 aromatic rings. The molecule has 3 N–H and O–H groups in total. The van der Waals surface area contributed by atoms with Gasteiger partial charge in [-0.25, -0.2) is 17.6 Å². The van der Waals surface area contributed by atoms with Gasteiger partial charge in [0.25, 0.3) is 5.91 Å². The quantitative estimate of drug-likeness (QED) is 0.463. The maximum absolute atomic E-state index is 14.0. The Morgan fingerprint density at radius 3 is 2.69 bits per heavy atom. The van der Waals surface area contributed by atoms with Crippen LogP contribution in [0.5, 0.6) is 0 Å². The molecular weight excluding hydrogens is 479 g/mol. The Hall–Kier alpha value is -2.99. The molecule has 4 aliphatic rings. The number of carbonyl (C=O) groups is 3. The number of hydrogen-bond donors (Lipinski definition) is 3. The van der Waals surface area contributed by atoms with Crippen LogP contribution in [0.15, 0.2) is 30.9 Å². The van der Waals surface area contributed by atoms with E-state index >= 15 is 0 Å². The molecule has 2 saturated carbocycles. The van der Waals surface area contributed by atoms with E-state index in [4.69, 9.17) is 4.74 Å². The highest BCUT2D eigenvalue weighted by Gasteiger charge is 2.61. The lowest BCUT2D eigenvalue weighted by Gasteiger charge is -2.21. The van der Waals surface area contributed by atoms with Gasteiger partial charge in [0.15, 0.2) is 0 Å². The lowest BCUT2D eigenvalue weighted by atomic mass is 10.1. The second kappa shape index (κ2) is 8.59. The van der Waals surface area contributed by atoms with Gasteiger partial charge in [-0.15, -0.1) is 6.58 Å². The molecule has 12 heteroatoms. The van der Waals surface area contributed by atoms with Crippen molar-refractivity contribution in [1.29, 1.82) is 0 Å². The number of halogens is 1. The van der Waals surface area contributed by atoms with E-state index < -0.39 is 50.9 Å². The van der Waals surface area contributed by atoms with E-state index in [0.29, 0.717) is 18.4 Å². The van der Waals surface area contributed by atoms with Gasteiger partial charge in [0.05, 0.1) is 17.8 Å². The van der Waals surface area contributed by atoms with Crippen LogP contribution in [0.4, 0.5) is 9.18 Å². The first-order valence-electron chi connectivity index (χ1n) is 11.6. The number of benzene rings is 1. The average Bonchev–Trinajstić information content (AvgIpc) is 3.69. The third-order valence-electron chi connectivity index (χ3n) is 7.11. The van der Waals surface area contributed by atoms with Gasteiger partial charge in [0.1, 0.15) is 17.5 Å². The first-order chi connectivity index (χ1) is 16.6. The molecule has 10 nitrogen and oxygen atoms in total. The molecule has 35 heavy (non-hydrogen) atoms. The average molecular weight is 507 g/mol. The Kier molecular flexibility index (Phi) is 5.83. The molecule has 188 valence electrons. The summed E-state index contributed by atoms with van der Waals surface area (Å²) in [5, 5.41) is 5.12. The Balaban J connectivity index is 1.15. The second-order valence-electron chi connectivity index (χ2n) is 9.62. The Labute approximate surface area is 202 Å². The van der Waals surface area contributed by atoms with Crippen LogP contribution in [0.3, 0.4) is 0 Å². The van der Waals surface area contributed by atoms with E-state index in [1.807, 2.05) is 0 Å². The van der Waals surface area contributed by atoms with E-state index in [1.54, 1.807) is 12.1 Å². The van der Waals surface area contributed by atoms with Crippen LogP contribution in [0.2, 0.25) is 0 Å². The number of ether oxygens (including phenoxy) is 1. The van der Waals surface area contributed by atoms with Crippen LogP contribution in [0.25, 0.3) is 0 Å². The minimum atomic E-state index is -3.76. The van der Waals surface area contributed by atoms with Crippen molar-refractivity contribution in [3.05, 3.63) is 47.8 Å². The van der Waals surface area contributed by atoms with E-state index in [0.717, 1.165) is 5.56 Å². The van der Waals surface area contributed by atoms with Crippen LogP contribution in [0.1, 0.15) is 36.8 Å². The smallest absolute Gasteiger partial charge is 0.410 e. The van der Waals surface area contributed by atoms with Gasteiger partial charge >= 0.3 is 6.09 Å². The maximum Gasteiger partial charge on any atom is 0.410 e. The molecule has 2 aliphatic heterocycles. The molecule has 0 bridgehead atoms. The molecule has 1 saturated heterocycles. The molecule has 5 rings (SSSR count).